The first-order valence-corrected chi connectivity index (χ1v) is 9.13. The molecule has 0 fully saturated rings. The van der Waals surface area contributed by atoms with E-state index in [1.54, 1.807) is 24.3 Å². The van der Waals surface area contributed by atoms with E-state index in [1.807, 2.05) is 58.0 Å². The maximum absolute atomic E-state index is 12.5. The van der Waals surface area contributed by atoms with Gasteiger partial charge in [-0.1, -0.05) is 63.2 Å². The number of nitrogens with zero attached hydrogens (tertiary/aromatic N) is 1. The molecule has 0 amide bonds. The van der Waals surface area contributed by atoms with Crippen LogP contribution in [-0.4, -0.2) is 17.5 Å². The SMILES string of the molecule is CC(C)C1=CC(=NOC(=O)c2ccc3ccccc3c2)C=C(C(C)C)C1=O. The van der Waals surface area contributed by atoms with Gasteiger partial charge in [0, 0.05) is 11.1 Å². The molecule has 2 aromatic rings. The van der Waals surface area contributed by atoms with Gasteiger partial charge in [-0.05, 0) is 46.9 Å². The second-order valence-electron chi connectivity index (χ2n) is 7.29. The maximum Gasteiger partial charge on any atom is 0.365 e. The minimum absolute atomic E-state index is 0.0415. The molecule has 0 saturated heterocycles. The highest BCUT2D eigenvalue weighted by atomic mass is 16.7. The van der Waals surface area contributed by atoms with Crippen molar-refractivity contribution >= 4 is 28.2 Å². The van der Waals surface area contributed by atoms with Gasteiger partial charge in [-0.15, -0.1) is 0 Å². The Kier molecular flexibility index (Phi) is 5.36. The number of hydrogen-bond acceptors (Lipinski definition) is 4. The van der Waals surface area contributed by atoms with Crippen LogP contribution < -0.4 is 0 Å². The highest BCUT2D eigenvalue weighted by molar-refractivity contribution is 6.22. The van der Waals surface area contributed by atoms with Crippen LogP contribution >= 0.6 is 0 Å². The van der Waals surface area contributed by atoms with Crippen molar-refractivity contribution in [2.75, 3.05) is 0 Å². The van der Waals surface area contributed by atoms with Crippen molar-refractivity contribution in [3.63, 3.8) is 0 Å². The molecule has 138 valence electrons. The maximum atomic E-state index is 12.5. The molecule has 2 aromatic carbocycles. The Morgan fingerprint density at radius 2 is 1.48 bits per heavy atom. The number of rotatable bonds is 4. The lowest BCUT2D eigenvalue weighted by Gasteiger charge is -2.19. The molecule has 3 rings (SSSR count). The van der Waals surface area contributed by atoms with Crippen molar-refractivity contribution in [2.24, 2.45) is 17.0 Å². The van der Waals surface area contributed by atoms with Crippen molar-refractivity contribution < 1.29 is 14.4 Å². The van der Waals surface area contributed by atoms with Crippen LogP contribution in [0.3, 0.4) is 0 Å². The molecule has 1 aliphatic carbocycles. The van der Waals surface area contributed by atoms with Crippen LogP contribution in [-0.2, 0) is 9.63 Å². The molecule has 0 heterocycles. The lowest BCUT2D eigenvalue weighted by Crippen LogP contribution is -2.21. The number of carbonyl (C=O) groups excluding carboxylic acids is 2. The lowest BCUT2D eigenvalue weighted by molar-refractivity contribution is -0.113. The normalized spacial score (nSPS) is 14.4. The minimum Gasteiger partial charge on any atom is -0.312 e. The molecule has 0 bridgehead atoms. The number of ketones is 1. The molecule has 0 aliphatic heterocycles. The molecule has 0 saturated carbocycles. The third-order valence-electron chi connectivity index (χ3n) is 4.59. The van der Waals surface area contributed by atoms with Gasteiger partial charge >= 0.3 is 5.97 Å². The fourth-order valence-electron chi connectivity index (χ4n) is 3.03. The molecular weight excluding hydrogens is 338 g/mol. The van der Waals surface area contributed by atoms with Crippen molar-refractivity contribution in [2.45, 2.75) is 27.7 Å². The summed E-state index contributed by atoms with van der Waals surface area (Å²) in [4.78, 5) is 30.1. The van der Waals surface area contributed by atoms with Gasteiger partial charge in [0.05, 0.1) is 5.56 Å². The molecule has 27 heavy (non-hydrogen) atoms. The summed E-state index contributed by atoms with van der Waals surface area (Å²) in [6, 6.07) is 13.2. The van der Waals surface area contributed by atoms with Crippen molar-refractivity contribution in [3.8, 4) is 0 Å². The van der Waals surface area contributed by atoms with Crippen molar-refractivity contribution in [3.05, 3.63) is 71.3 Å². The van der Waals surface area contributed by atoms with E-state index in [-0.39, 0.29) is 17.6 Å². The quantitative estimate of drug-likeness (QED) is 0.432. The standard InChI is InChI=1S/C23H23NO3/c1-14(2)20-12-19(13-21(15(3)4)22(20)25)24-27-23(26)18-10-9-16-7-5-6-8-17(16)11-18/h5-15H,1-4H3. The van der Waals surface area contributed by atoms with Crippen LogP contribution in [0.5, 0.6) is 0 Å². The Labute approximate surface area is 159 Å². The van der Waals surface area contributed by atoms with Gasteiger partial charge in [-0.25, -0.2) is 4.79 Å². The Morgan fingerprint density at radius 1 is 0.889 bits per heavy atom. The first kappa shape index (κ1) is 18.8. The van der Waals surface area contributed by atoms with Crippen LogP contribution in [0.4, 0.5) is 0 Å². The summed E-state index contributed by atoms with van der Waals surface area (Å²) in [7, 11) is 0. The molecule has 4 nitrogen and oxygen atoms in total. The summed E-state index contributed by atoms with van der Waals surface area (Å²) in [6.45, 7) is 7.86. The number of benzene rings is 2. The molecule has 1 aliphatic rings. The second-order valence-corrected chi connectivity index (χ2v) is 7.29. The van der Waals surface area contributed by atoms with Gasteiger partial charge in [0.25, 0.3) is 0 Å². The number of Topliss-reactive ketones (excluding diaryl/α,β-unsaturated/α-hetero) is 1. The first-order chi connectivity index (χ1) is 12.9. The predicted octanol–water partition coefficient (Wildman–Crippen LogP) is 5.10. The largest absolute Gasteiger partial charge is 0.365 e. The second kappa shape index (κ2) is 7.70. The fraction of sp³-hybridized carbons (Fsp3) is 0.261. The van der Waals surface area contributed by atoms with Gasteiger partial charge in [0.2, 0.25) is 0 Å². The molecule has 4 heteroatoms. The average Bonchev–Trinajstić information content (AvgIpc) is 2.65. The summed E-state index contributed by atoms with van der Waals surface area (Å²) < 4.78 is 0. The Hall–Kier alpha value is -3.01. The Morgan fingerprint density at radius 3 is 2.07 bits per heavy atom. The zero-order valence-electron chi connectivity index (χ0n) is 16.0. The highest BCUT2D eigenvalue weighted by Gasteiger charge is 2.25. The van der Waals surface area contributed by atoms with E-state index in [9.17, 15) is 9.59 Å². The molecule has 0 N–H and O–H groups in total. The van der Waals surface area contributed by atoms with Crippen molar-refractivity contribution in [1.82, 2.24) is 0 Å². The molecule has 0 aromatic heterocycles. The van der Waals surface area contributed by atoms with Gasteiger partial charge in [-0.3, -0.25) is 4.79 Å². The van der Waals surface area contributed by atoms with Crippen LogP contribution in [0.15, 0.2) is 70.9 Å². The highest BCUT2D eigenvalue weighted by Crippen LogP contribution is 2.25. The summed E-state index contributed by atoms with van der Waals surface area (Å²) in [5.74, 6) is -0.341. The fourth-order valence-corrected chi connectivity index (χ4v) is 3.03. The van der Waals surface area contributed by atoms with E-state index >= 15 is 0 Å². The first-order valence-electron chi connectivity index (χ1n) is 9.13. The smallest absolute Gasteiger partial charge is 0.312 e. The number of carbonyl (C=O) groups is 2. The van der Waals surface area contributed by atoms with E-state index in [0.717, 1.165) is 10.8 Å². The van der Waals surface area contributed by atoms with E-state index in [4.69, 9.17) is 4.84 Å². The topological polar surface area (TPSA) is 55.7 Å². The van der Waals surface area contributed by atoms with Gasteiger partial charge < -0.3 is 4.84 Å². The van der Waals surface area contributed by atoms with Gasteiger partial charge in [0.1, 0.15) is 5.71 Å². The summed E-state index contributed by atoms with van der Waals surface area (Å²) in [5, 5.41) is 6.02. The third kappa shape index (κ3) is 4.05. The summed E-state index contributed by atoms with van der Waals surface area (Å²) in [5.41, 5.74) is 2.28. The number of hydrogen-bond donors (Lipinski definition) is 0. The number of fused-ring (bicyclic) bond motifs is 1. The van der Waals surface area contributed by atoms with E-state index in [1.165, 1.54) is 0 Å². The minimum atomic E-state index is -0.524. The Bertz CT molecular complexity index is 964. The zero-order valence-corrected chi connectivity index (χ0v) is 16.0. The molecule has 0 atom stereocenters. The number of oxime groups is 1. The monoisotopic (exact) mass is 361 g/mol. The van der Waals surface area contributed by atoms with Gasteiger partial charge in [-0.2, -0.15) is 0 Å². The average molecular weight is 361 g/mol. The number of allylic oxidation sites excluding steroid dienone is 4. The zero-order chi connectivity index (χ0) is 19.6. The van der Waals surface area contributed by atoms with E-state index in [2.05, 4.69) is 5.16 Å². The Balaban J connectivity index is 1.86. The van der Waals surface area contributed by atoms with Crippen LogP contribution in [0.25, 0.3) is 10.8 Å². The molecule has 0 radical (unpaired) electrons. The summed E-state index contributed by atoms with van der Waals surface area (Å²) >= 11 is 0. The van der Waals surface area contributed by atoms with Crippen molar-refractivity contribution in [1.29, 1.82) is 0 Å². The van der Waals surface area contributed by atoms with Crippen LogP contribution in [0.2, 0.25) is 0 Å². The predicted molar refractivity (Wildman–Crippen MR) is 108 cm³/mol. The summed E-state index contributed by atoms with van der Waals surface area (Å²) in [6.07, 6.45) is 3.40. The third-order valence-corrected chi connectivity index (χ3v) is 4.59. The van der Waals surface area contributed by atoms with Crippen LogP contribution in [0, 0.1) is 11.8 Å². The van der Waals surface area contributed by atoms with Gasteiger partial charge in [0.15, 0.2) is 5.78 Å². The van der Waals surface area contributed by atoms with E-state index in [0.29, 0.717) is 22.4 Å². The lowest BCUT2D eigenvalue weighted by atomic mass is 9.84. The molecule has 0 spiro atoms. The van der Waals surface area contributed by atoms with E-state index < -0.39 is 5.97 Å². The van der Waals surface area contributed by atoms with Crippen LogP contribution in [0.1, 0.15) is 38.1 Å². The molecular formula is C23H23NO3. The molecule has 0 unspecified atom stereocenters.